The van der Waals surface area contributed by atoms with E-state index in [0.717, 1.165) is 12.8 Å². The third kappa shape index (κ3) is 3.47. The highest BCUT2D eigenvalue weighted by Crippen LogP contribution is 2.36. The summed E-state index contributed by atoms with van der Waals surface area (Å²) >= 11 is 0. The molecule has 1 saturated carbocycles. The summed E-state index contributed by atoms with van der Waals surface area (Å²) in [4.78, 5) is 8.07. The lowest BCUT2D eigenvalue weighted by Gasteiger charge is -2.35. The van der Waals surface area contributed by atoms with E-state index in [0.29, 0.717) is 18.2 Å². The second-order valence-corrected chi connectivity index (χ2v) is 5.23. The molecule has 4 N–H and O–H groups in total. The quantitative estimate of drug-likeness (QED) is 0.746. The van der Waals surface area contributed by atoms with E-state index in [1.165, 1.54) is 19.3 Å². The number of methoxy groups -OCH3 is 1. The Balaban J connectivity index is 2.02. The van der Waals surface area contributed by atoms with Gasteiger partial charge in [-0.1, -0.05) is 19.3 Å². The van der Waals surface area contributed by atoms with Crippen LogP contribution in [0.5, 0.6) is 5.88 Å². The van der Waals surface area contributed by atoms with Crippen LogP contribution in [0.25, 0.3) is 0 Å². The summed E-state index contributed by atoms with van der Waals surface area (Å²) in [6, 6.07) is 1.71. The molecule has 1 heterocycles. The Bertz CT molecular complexity index is 419. The zero-order valence-electron chi connectivity index (χ0n) is 11.4. The molecule has 106 valence electrons. The van der Waals surface area contributed by atoms with Crippen molar-refractivity contribution < 1.29 is 9.84 Å². The summed E-state index contributed by atoms with van der Waals surface area (Å²) in [5, 5.41) is 12.9. The van der Waals surface area contributed by atoms with Gasteiger partial charge in [-0.15, -0.1) is 0 Å². The second-order valence-electron chi connectivity index (χ2n) is 5.23. The van der Waals surface area contributed by atoms with E-state index in [-0.39, 0.29) is 18.0 Å². The molecule has 0 bridgehead atoms. The van der Waals surface area contributed by atoms with Crippen molar-refractivity contribution in [3.8, 4) is 5.88 Å². The standard InChI is InChI=1S/C13H22N4O2/c1-19-11-7-10(16-12(14)17-11)15-8-13(9-18)5-3-2-4-6-13/h7,18H,2-6,8-9H2,1H3,(H3,14,15,16,17). The van der Waals surface area contributed by atoms with Crippen molar-refractivity contribution in [2.75, 3.05) is 31.3 Å². The highest BCUT2D eigenvalue weighted by Gasteiger charge is 2.31. The molecule has 1 fully saturated rings. The second kappa shape index (κ2) is 6.06. The molecule has 0 unspecified atom stereocenters. The number of anilines is 2. The van der Waals surface area contributed by atoms with Gasteiger partial charge in [-0.3, -0.25) is 0 Å². The Morgan fingerprint density at radius 2 is 2.11 bits per heavy atom. The lowest BCUT2D eigenvalue weighted by atomic mass is 9.74. The van der Waals surface area contributed by atoms with Gasteiger partial charge in [0.05, 0.1) is 13.7 Å². The highest BCUT2D eigenvalue weighted by atomic mass is 16.5. The molecule has 0 spiro atoms. The minimum atomic E-state index is -0.0365. The van der Waals surface area contributed by atoms with E-state index in [2.05, 4.69) is 15.3 Å². The van der Waals surface area contributed by atoms with E-state index < -0.39 is 0 Å². The number of nitrogens with two attached hydrogens (primary N) is 1. The number of aliphatic hydroxyl groups excluding tert-OH is 1. The maximum Gasteiger partial charge on any atom is 0.225 e. The molecule has 0 saturated heterocycles. The van der Waals surface area contributed by atoms with Gasteiger partial charge in [0.2, 0.25) is 11.8 Å². The van der Waals surface area contributed by atoms with Gasteiger partial charge in [0.25, 0.3) is 0 Å². The smallest absolute Gasteiger partial charge is 0.225 e. The van der Waals surface area contributed by atoms with Gasteiger partial charge in [-0.25, -0.2) is 0 Å². The van der Waals surface area contributed by atoms with Gasteiger partial charge < -0.3 is 20.9 Å². The number of rotatable bonds is 5. The molecule has 0 amide bonds. The summed E-state index contributed by atoms with van der Waals surface area (Å²) in [5.41, 5.74) is 5.58. The number of nitrogen functional groups attached to an aromatic ring is 1. The maximum atomic E-state index is 9.65. The molecule has 2 rings (SSSR count). The highest BCUT2D eigenvalue weighted by molar-refractivity contribution is 5.42. The molecular formula is C13H22N4O2. The van der Waals surface area contributed by atoms with E-state index in [1.54, 1.807) is 13.2 Å². The summed E-state index contributed by atoms with van der Waals surface area (Å²) in [6.07, 6.45) is 5.72. The molecule has 0 aliphatic heterocycles. The predicted octanol–water partition coefficient (Wildman–Crippen LogP) is 1.42. The number of aromatic nitrogens is 2. The van der Waals surface area contributed by atoms with Crippen LogP contribution in [0, 0.1) is 5.41 Å². The third-order valence-electron chi connectivity index (χ3n) is 3.82. The Hall–Kier alpha value is -1.56. The number of hydrogen-bond donors (Lipinski definition) is 3. The zero-order valence-corrected chi connectivity index (χ0v) is 11.4. The molecule has 1 aromatic rings. The lowest BCUT2D eigenvalue weighted by Crippen LogP contribution is -2.35. The maximum absolute atomic E-state index is 9.65. The minimum absolute atomic E-state index is 0.0365. The fourth-order valence-electron chi connectivity index (χ4n) is 2.61. The molecule has 1 aromatic heterocycles. The first-order valence-electron chi connectivity index (χ1n) is 6.71. The van der Waals surface area contributed by atoms with Gasteiger partial charge in [0.15, 0.2) is 0 Å². The number of aliphatic hydroxyl groups is 1. The van der Waals surface area contributed by atoms with Crippen LogP contribution in [-0.2, 0) is 0 Å². The molecule has 1 aliphatic carbocycles. The normalized spacial score (nSPS) is 18.0. The Labute approximate surface area is 113 Å². The zero-order chi connectivity index (χ0) is 13.7. The van der Waals surface area contributed by atoms with E-state index in [4.69, 9.17) is 10.5 Å². The van der Waals surface area contributed by atoms with Gasteiger partial charge in [-0.2, -0.15) is 9.97 Å². The van der Waals surface area contributed by atoms with E-state index in [1.807, 2.05) is 0 Å². The topological polar surface area (TPSA) is 93.3 Å². The fourth-order valence-corrected chi connectivity index (χ4v) is 2.61. The Morgan fingerprint density at radius 3 is 2.74 bits per heavy atom. The van der Waals surface area contributed by atoms with Crippen LogP contribution < -0.4 is 15.8 Å². The molecule has 0 radical (unpaired) electrons. The predicted molar refractivity (Wildman–Crippen MR) is 74.1 cm³/mol. The van der Waals surface area contributed by atoms with E-state index in [9.17, 15) is 5.11 Å². The van der Waals surface area contributed by atoms with Crippen molar-refractivity contribution in [1.82, 2.24) is 9.97 Å². The minimum Gasteiger partial charge on any atom is -0.481 e. The number of nitrogens with one attached hydrogen (secondary N) is 1. The van der Waals surface area contributed by atoms with Crippen LogP contribution in [0.1, 0.15) is 32.1 Å². The number of hydrogen-bond acceptors (Lipinski definition) is 6. The summed E-state index contributed by atoms with van der Waals surface area (Å²) in [6.45, 7) is 0.904. The van der Waals surface area contributed by atoms with Crippen molar-refractivity contribution >= 4 is 11.8 Å². The van der Waals surface area contributed by atoms with Gasteiger partial charge in [-0.05, 0) is 12.8 Å². The molecule has 6 nitrogen and oxygen atoms in total. The van der Waals surface area contributed by atoms with Crippen LogP contribution in [-0.4, -0.2) is 35.3 Å². The monoisotopic (exact) mass is 266 g/mol. The largest absolute Gasteiger partial charge is 0.481 e. The van der Waals surface area contributed by atoms with Crippen molar-refractivity contribution in [1.29, 1.82) is 0 Å². The molecule has 0 atom stereocenters. The third-order valence-corrected chi connectivity index (χ3v) is 3.82. The first-order valence-corrected chi connectivity index (χ1v) is 6.71. The summed E-state index contributed by atoms with van der Waals surface area (Å²) < 4.78 is 5.06. The van der Waals surface area contributed by atoms with Crippen LogP contribution >= 0.6 is 0 Å². The molecule has 19 heavy (non-hydrogen) atoms. The van der Waals surface area contributed by atoms with Crippen LogP contribution in [0.4, 0.5) is 11.8 Å². The SMILES string of the molecule is COc1cc(NCC2(CO)CCCCC2)nc(N)n1. The Morgan fingerprint density at radius 1 is 1.37 bits per heavy atom. The molecule has 1 aliphatic rings. The van der Waals surface area contributed by atoms with Crippen LogP contribution in [0.3, 0.4) is 0 Å². The number of nitrogens with zero attached hydrogens (tertiary/aromatic N) is 2. The number of ether oxygens (including phenoxy) is 1. The first kappa shape index (κ1) is 13.9. The first-order chi connectivity index (χ1) is 9.17. The Kier molecular flexibility index (Phi) is 4.42. The van der Waals surface area contributed by atoms with E-state index >= 15 is 0 Å². The van der Waals surface area contributed by atoms with Crippen molar-refractivity contribution in [2.24, 2.45) is 5.41 Å². The van der Waals surface area contributed by atoms with Crippen LogP contribution in [0.2, 0.25) is 0 Å². The molecular weight excluding hydrogens is 244 g/mol. The van der Waals surface area contributed by atoms with Crippen LogP contribution in [0.15, 0.2) is 6.07 Å². The summed E-state index contributed by atoms with van der Waals surface area (Å²) in [5.74, 6) is 1.27. The van der Waals surface area contributed by atoms with Gasteiger partial charge >= 0.3 is 0 Å². The fraction of sp³-hybridized carbons (Fsp3) is 0.692. The van der Waals surface area contributed by atoms with Gasteiger partial charge in [0, 0.05) is 18.0 Å². The van der Waals surface area contributed by atoms with Crippen molar-refractivity contribution in [2.45, 2.75) is 32.1 Å². The molecule has 6 heteroatoms. The molecule has 0 aromatic carbocycles. The average Bonchev–Trinajstić information content (AvgIpc) is 2.45. The van der Waals surface area contributed by atoms with Crippen molar-refractivity contribution in [3.63, 3.8) is 0 Å². The van der Waals surface area contributed by atoms with Crippen molar-refractivity contribution in [3.05, 3.63) is 6.07 Å². The average molecular weight is 266 g/mol. The summed E-state index contributed by atoms with van der Waals surface area (Å²) in [7, 11) is 1.54. The van der Waals surface area contributed by atoms with Gasteiger partial charge in [0.1, 0.15) is 5.82 Å². The lowest BCUT2D eigenvalue weighted by molar-refractivity contribution is 0.0943.